The lowest BCUT2D eigenvalue weighted by Crippen LogP contribution is -2.22. The van der Waals surface area contributed by atoms with E-state index in [2.05, 4.69) is 13.5 Å². The Labute approximate surface area is 84.8 Å². The molecule has 0 radical (unpaired) electrons. The van der Waals surface area contributed by atoms with Crippen LogP contribution in [0.4, 0.5) is 0 Å². The number of carboxylic acids is 1. The van der Waals surface area contributed by atoms with E-state index in [0.717, 1.165) is 18.8 Å². The lowest BCUT2D eigenvalue weighted by atomic mass is 9.89. The van der Waals surface area contributed by atoms with Gasteiger partial charge in [0, 0.05) is 0 Å². The zero-order valence-electron chi connectivity index (χ0n) is 8.66. The summed E-state index contributed by atoms with van der Waals surface area (Å²) in [6.45, 7) is 5.83. The molecule has 0 aromatic carbocycles. The summed E-state index contributed by atoms with van der Waals surface area (Å²) in [5, 5.41) is 8.57. The molecule has 1 aliphatic carbocycles. The molecule has 0 aromatic rings. The van der Waals surface area contributed by atoms with Crippen molar-refractivity contribution in [3.63, 3.8) is 0 Å². The summed E-state index contributed by atoms with van der Waals surface area (Å²) in [5.41, 5.74) is 0.142. The van der Waals surface area contributed by atoms with Gasteiger partial charge in [0.1, 0.15) is 0 Å². The highest BCUT2D eigenvalue weighted by molar-refractivity contribution is 5.85. The van der Waals surface area contributed by atoms with Crippen molar-refractivity contribution in [2.75, 3.05) is 6.61 Å². The third-order valence-corrected chi connectivity index (χ3v) is 2.76. The Bertz CT molecular complexity index is 215. The first kappa shape index (κ1) is 11.2. The highest BCUT2D eigenvalue weighted by atomic mass is 16.5. The molecule has 1 aliphatic rings. The fourth-order valence-electron chi connectivity index (χ4n) is 1.68. The number of hydrogen-bond donors (Lipinski definition) is 1. The van der Waals surface area contributed by atoms with Crippen LogP contribution in [0.25, 0.3) is 0 Å². The summed E-state index contributed by atoms with van der Waals surface area (Å²) in [7, 11) is 0. The molecule has 1 rings (SSSR count). The van der Waals surface area contributed by atoms with E-state index in [1.54, 1.807) is 0 Å². The predicted octanol–water partition coefficient (Wildman–Crippen LogP) is 2.22. The van der Waals surface area contributed by atoms with E-state index >= 15 is 0 Å². The zero-order chi connectivity index (χ0) is 10.6. The van der Waals surface area contributed by atoms with Gasteiger partial charge in [-0.1, -0.05) is 13.5 Å². The van der Waals surface area contributed by atoms with Crippen molar-refractivity contribution in [3.8, 4) is 0 Å². The van der Waals surface area contributed by atoms with Crippen LogP contribution < -0.4 is 0 Å². The minimum Gasteiger partial charge on any atom is -0.478 e. The van der Waals surface area contributed by atoms with E-state index in [9.17, 15) is 4.79 Å². The molecule has 0 atom stereocenters. The summed E-state index contributed by atoms with van der Waals surface area (Å²) in [5.74, 6) is -0.174. The third-order valence-electron chi connectivity index (χ3n) is 2.76. The second kappa shape index (κ2) is 5.15. The molecule has 0 aliphatic heterocycles. The van der Waals surface area contributed by atoms with E-state index < -0.39 is 5.97 Å². The van der Waals surface area contributed by atoms with Gasteiger partial charge in [0.2, 0.25) is 0 Å². The number of hydrogen-bond acceptors (Lipinski definition) is 2. The average molecular weight is 198 g/mol. The molecule has 3 heteroatoms. The molecule has 0 spiro atoms. The number of aliphatic carboxylic acids is 1. The lowest BCUT2D eigenvalue weighted by Gasteiger charge is -2.26. The van der Waals surface area contributed by atoms with Crippen LogP contribution in [0.15, 0.2) is 12.2 Å². The first-order valence-corrected chi connectivity index (χ1v) is 5.12. The molecule has 3 nitrogen and oxygen atoms in total. The maximum absolute atomic E-state index is 10.4. The van der Waals surface area contributed by atoms with Crippen LogP contribution in [0.2, 0.25) is 0 Å². The fraction of sp³-hybridized carbons (Fsp3) is 0.727. The molecule has 0 bridgehead atoms. The van der Waals surface area contributed by atoms with Crippen LogP contribution in [0.3, 0.4) is 0 Å². The van der Waals surface area contributed by atoms with E-state index in [1.165, 1.54) is 12.8 Å². The largest absolute Gasteiger partial charge is 0.478 e. The van der Waals surface area contributed by atoms with Crippen LogP contribution >= 0.6 is 0 Å². The molecule has 0 aromatic heterocycles. The van der Waals surface area contributed by atoms with Gasteiger partial charge in [-0.3, -0.25) is 0 Å². The third kappa shape index (κ3) is 3.50. The number of ether oxygens (including phenoxy) is 1. The normalized spacial score (nSPS) is 27.2. The fourth-order valence-corrected chi connectivity index (χ4v) is 1.68. The minimum absolute atomic E-state index is 0.142. The molecule has 1 saturated carbocycles. The Balaban J connectivity index is 2.19. The smallest absolute Gasteiger partial charge is 0.333 e. The highest BCUT2D eigenvalue weighted by Crippen LogP contribution is 2.25. The average Bonchev–Trinajstić information content (AvgIpc) is 2.16. The highest BCUT2D eigenvalue weighted by Gasteiger charge is 2.19. The number of carbonyl (C=O) groups is 1. The van der Waals surface area contributed by atoms with E-state index in [1.807, 2.05) is 0 Å². The van der Waals surface area contributed by atoms with Crippen LogP contribution in [-0.2, 0) is 9.53 Å². The maximum Gasteiger partial charge on any atom is 0.333 e. The van der Waals surface area contributed by atoms with Crippen LogP contribution in [-0.4, -0.2) is 23.8 Å². The summed E-state index contributed by atoms with van der Waals surface area (Å²) < 4.78 is 5.47. The molecule has 14 heavy (non-hydrogen) atoms. The van der Waals surface area contributed by atoms with Gasteiger partial charge in [0.15, 0.2) is 0 Å². The zero-order valence-corrected chi connectivity index (χ0v) is 8.66. The van der Waals surface area contributed by atoms with Gasteiger partial charge in [0.25, 0.3) is 0 Å². The molecule has 0 unspecified atom stereocenters. The van der Waals surface area contributed by atoms with Gasteiger partial charge in [0.05, 0.1) is 18.3 Å². The van der Waals surface area contributed by atoms with Crippen molar-refractivity contribution in [3.05, 3.63) is 12.2 Å². The number of carboxylic acid groups (broad SMARTS) is 1. The van der Waals surface area contributed by atoms with Crippen molar-refractivity contribution < 1.29 is 14.6 Å². The Kier molecular flexibility index (Phi) is 4.14. The van der Waals surface area contributed by atoms with Gasteiger partial charge in [-0.25, -0.2) is 4.79 Å². The molecule has 1 N–H and O–H groups in total. The summed E-state index contributed by atoms with van der Waals surface area (Å²) in [4.78, 5) is 10.4. The molecular weight excluding hydrogens is 180 g/mol. The second-order valence-corrected chi connectivity index (χ2v) is 4.10. The number of rotatable bonds is 4. The molecule has 0 saturated heterocycles. The summed E-state index contributed by atoms with van der Waals surface area (Å²) in [6, 6.07) is 0. The van der Waals surface area contributed by atoms with E-state index in [0.29, 0.717) is 0 Å². The molecular formula is C11H18O3. The second-order valence-electron chi connectivity index (χ2n) is 4.10. The van der Waals surface area contributed by atoms with Crippen molar-refractivity contribution in [1.82, 2.24) is 0 Å². The first-order chi connectivity index (χ1) is 6.59. The quantitative estimate of drug-likeness (QED) is 0.704. The summed E-state index contributed by atoms with van der Waals surface area (Å²) >= 11 is 0. The Morgan fingerprint density at radius 3 is 2.50 bits per heavy atom. The predicted molar refractivity (Wildman–Crippen MR) is 54.1 cm³/mol. The van der Waals surface area contributed by atoms with Crippen molar-refractivity contribution in [1.29, 1.82) is 0 Å². The van der Waals surface area contributed by atoms with E-state index in [4.69, 9.17) is 9.84 Å². The standard InChI is InChI=1S/C11H18O3/c1-8-3-5-10(6-4-8)14-7-9(2)11(12)13/h8,10H,2-7H2,1H3,(H,12,13). The van der Waals surface area contributed by atoms with Gasteiger partial charge < -0.3 is 9.84 Å². The maximum atomic E-state index is 10.4. The van der Waals surface area contributed by atoms with Crippen LogP contribution in [0, 0.1) is 5.92 Å². The Morgan fingerprint density at radius 1 is 1.43 bits per heavy atom. The molecule has 0 heterocycles. The van der Waals surface area contributed by atoms with Gasteiger partial charge in [-0.15, -0.1) is 0 Å². The SMILES string of the molecule is C=C(COC1CCC(C)CC1)C(=O)O. The van der Waals surface area contributed by atoms with Crippen LogP contribution in [0.1, 0.15) is 32.6 Å². The molecule has 0 amide bonds. The topological polar surface area (TPSA) is 46.5 Å². The summed E-state index contributed by atoms with van der Waals surface area (Å²) in [6.07, 6.45) is 4.71. The Morgan fingerprint density at radius 2 is 2.00 bits per heavy atom. The van der Waals surface area contributed by atoms with Crippen molar-refractivity contribution in [2.24, 2.45) is 5.92 Å². The monoisotopic (exact) mass is 198 g/mol. The first-order valence-electron chi connectivity index (χ1n) is 5.12. The van der Waals surface area contributed by atoms with Gasteiger partial charge in [-0.05, 0) is 31.6 Å². The minimum atomic E-state index is -0.964. The Hall–Kier alpha value is -0.830. The van der Waals surface area contributed by atoms with Crippen molar-refractivity contribution >= 4 is 5.97 Å². The van der Waals surface area contributed by atoms with E-state index in [-0.39, 0.29) is 18.3 Å². The van der Waals surface area contributed by atoms with Crippen LogP contribution in [0.5, 0.6) is 0 Å². The molecule has 1 fully saturated rings. The lowest BCUT2D eigenvalue weighted by molar-refractivity contribution is -0.133. The van der Waals surface area contributed by atoms with Gasteiger partial charge >= 0.3 is 5.97 Å². The van der Waals surface area contributed by atoms with Gasteiger partial charge in [-0.2, -0.15) is 0 Å². The van der Waals surface area contributed by atoms with Crippen molar-refractivity contribution in [2.45, 2.75) is 38.7 Å². The molecule has 80 valence electrons.